The molecule has 0 saturated heterocycles. The molecule has 0 fully saturated rings. The second-order valence-electron chi connectivity index (χ2n) is 9.23. The molecule has 4 atom stereocenters. The highest BCUT2D eigenvalue weighted by atomic mass is 16.5. The van der Waals surface area contributed by atoms with Gasteiger partial charge in [0.15, 0.2) is 0 Å². The number of para-hydroxylation sites is 1. The Morgan fingerprint density at radius 2 is 2.00 bits per heavy atom. The maximum Gasteiger partial charge on any atom is 0.250 e. The lowest BCUT2D eigenvalue weighted by atomic mass is 9.97. The minimum atomic E-state index is -0.813. The molecule has 3 N–H and O–H groups in total. The quantitative estimate of drug-likeness (QED) is 0.519. The molecule has 0 bridgehead atoms. The van der Waals surface area contributed by atoms with Gasteiger partial charge >= 0.3 is 0 Å². The van der Waals surface area contributed by atoms with Crippen molar-refractivity contribution in [1.29, 1.82) is 0 Å². The Bertz CT molecular complexity index is 1120. The number of carbonyl (C=O) groups is 4. The van der Waals surface area contributed by atoms with Gasteiger partial charge in [0, 0.05) is 19.4 Å². The van der Waals surface area contributed by atoms with Crippen LogP contribution in [0.4, 0.5) is 5.69 Å². The van der Waals surface area contributed by atoms with Crippen LogP contribution in [0.25, 0.3) is 0 Å². The fourth-order valence-electron chi connectivity index (χ4n) is 4.78. The van der Waals surface area contributed by atoms with Crippen molar-refractivity contribution in [2.75, 3.05) is 4.90 Å². The van der Waals surface area contributed by atoms with Crippen LogP contribution >= 0.6 is 0 Å². The SMILES string of the molecule is CC[C@H](C)[C@H](NC(C)=O)C(=O)N[C@H]1CCc2cccc3c2N(C1=O)[C@H](C(=O)NCc1ccon1)C3. The Morgan fingerprint density at radius 1 is 1.23 bits per heavy atom. The topological polar surface area (TPSA) is 134 Å². The molecular weight excluding hydrogens is 450 g/mol. The molecular formula is C25H31N5O5. The van der Waals surface area contributed by atoms with Gasteiger partial charge in [-0.1, -0.05) is 43.6 Å². The molecule has 1 aromatic carbocycles. The number of benzene rings is 1. The van der Waals surface area contributed by atoms with E-state index in [4.69, 9.17) is 4.52 Å². The number of aromatic nitrogens is 1. The van der Waals surface area contributed by atoms with E-state index < -0.39 is 24.0 Å². The van der Waals surface area contributed by atoms with Crippen LogP contribution in [0.3, 0.4) is 0 Å². The van der Waals surface area contributed by atoms with Crippen molar-refractivity contribution >= 4 is 29.3 Å². The van der Waals surface area contributed by atoms with Crippen molar-refractivity contribution in [3.8, 4) is 0 Å². The summed E-state index contributed by atoms with van der Waals surface area (Å²) in [6.45, 7) is 5.37. The number of nitrogens with zero attached hydrogens (tertiary/aromatic N) is 2. The van der Waals surface area contributed by atoms with Gasteiger partial charge in [-0.3, -0.25) is 24.1 Å². The Kier molecular flexibility index (Phi) is 7.18. The fourth-order valence-corrected chi connectivity index (χ4v) is 4.78. The van der Waals surface area contributed by atoms with Gasteiger partial charge in [-0.15, -0.1) is 0 Å². The van der Waals surface area contributed by atoms with Crippen LogP contribution in [0.15, 0.2) is 35.1 Å². The van der Waals surface area contributed by atoms with Crippen LogP contribution in [0.1, 0.15) is 50.4 Å². The van der Waals surface area contributed by atoms with Crippen LogP contribution in [-0.4, -0.2) is 46.9 Å². The lowest BCUT2D eigenvalue weighted by Gasteiger charge is -2.29. The van der Waals surface area contributed by atoms with Crippen LogP contribution in [0.5, 0.6) is 0 Å². The van der Waals surface area contributed by atoms with Crippen molar-refractivity contribution in [1.82, 2.24) is 21.1 Å². The highest BCUT2D eigenvalue weighted by Crippen LogP contribution is 2.39. The van der Waals surface area contributed by atoms with Crippen molar-refractivity contribution in [2.24, 2.45) is 5.92 Å². The Labute approximate surface area is 203 Å². The highest BCUT2D eigenvalue weighted by Gasteiger charge is 2.44. The van der Waals surface area contributed by atoms with Gasteiger partial charge in [0.1, 0.15) is 30.1 Å². The third-order valence-electron chi connectivity index (χ3n) is 6.82. The maximum atomic E-state index is 13.8. The summed E-state index contributed by atoms with van der Waals surface area (Å²) in [5.74, 6) is -1.44. The third kappa shape index (κ3) is 5.06. The van der Waals surface area contributed by atoms with E-state index in [1.165, 1.54) is 18.1 Å². The van der Waals surface area contributed by atoms with Crippen LogP contribution in [0.2, 0.25) is 0 Å². The largest absolute Gasteiger partial charge is 0.364 e. The zero-order valence-electron chi connectivity index (χ0n) is 20.2. The molecule has 2 aromatic rings. The first-order valence-electron chi connectivity index (χ1n) is 12.0. The van der Waals surface area contributed by atoms with E-state index in [0.717, 1.165) is 16.8 Å². The zero-order valence-corrected chi connectivity index (χ0v) is 20.2. The molecule has 4 amide bonds. The number of anilines is 1. The van der Waals surface area contributed by atoms with Crippen molar-refractivity contribution in [3.63, 3.8) is 0 Å². The summed E-state index contributed by atoms with van der Waals surface area (Å²) < 4.78 is 4.81. The molecule has 0 aliphatic carbocycles. The molecule has 2 aliphatic heterocycles. The number of hydrogen-bond acceptors (Lipinski definition) is 6. The second-order valence-corrected chi connectivity index (χ2v) is 9.23. The molecule has 0 spiro atoms. The van der Waals surface area contributed by atoms with Crippen molar-refractivity contribution in [3.05, 3.63) is 47.3 Å². The molecule has 10 heteroatoms. The van der Waals surface area contributed by atoms with E-state index >= 15 is 0 Å². The number of aryl methyl sites for hydroxylation is 1. The molecule has 2 aliphatic rings. The first-order valence-corrected chi connectivity index (χ1v) is 12.0. The molecule has 10 nitrogen and oxygen atoms in total. The molecule has 4 rings (SSSR count). The predicted molar refractivity (Wildman–Crippen MR) is 127 cm³/mol. The molecule has 1 aromatic heterocycles. The second kappa shape index (κ2) is 10.3. The van der Waals surface area contributed by atoms with Gasteiger partial charge in [0.05, 0.1) is 12.2 Å². The first-order chi connectivity index (χ1) is 16.8. The molecule has 0 saturated carbocycles. The summed E-state index contributed by atoms with van der Waals surface area (Å²) >= 11 is 0. The van der Waals surface area contributed by atoms with Gasteiger partial charge in [-0.25, -0.2) is 0 Å². The van der Waals surface area contributed by atoms with E-state index in [2.05, 4.69) is 21.1 Å². The third-order valence-corrected chi connectivity index (χ3v) is 6.82. The molecule has 0 radical (unpaired) electrons. The standard InChI is InChI=1S/C25H31N5O5/c1-4-14(2)21(27-15(3)31)24(33)28-19-9-8-16-6-5-7-17-12-20(30(22(16)17)25(19)34)23(32)26-13-18-10-11-35-29-18/h5-7,10-11,14,19-21H,4,8-9,12-13H2,1-3H3,(H,26,32)(H,27,31)(H,28,33)/t14-,19-,20-,21-/m0/s1. The van der Waals surface area contributed by atoms with Gasteiger partial charge in [-0.2, -0.15) is 0 Å². The Morgan fingerprint density at radius 3 is 2.69 bits per heavy atom. The summed E-state index contributed by atoms with van der Waals surface area (Å²) in [6, 6.07) is 5.19. The minimum Gasteiger partial charge on any atom is -0.364 e. The number of carbonyl (C=O) groups excluding carboxylic acids is 4. The van der Waals surface area contributed by atoms with E-state index in [1.807, 2.05) is 32.0 Å². The monoisotopic (exact) mass is 481 g/mol. The van der Waals surface area contributed by atoms with E-state index in [0.29, 0.717) is 31.4 Å². The van der Waals surface area contributed by atoms with Gasteiger partial charge in [0.2, 0.25) is 23.6 Å². The first kappa shape index (κ1) is 24.4. The smallest absolute Gasteiger partial charge is 0.250 e. The van der Waals surface area contributed by atoms with Crippen LogP contribution in [0, 0.1) is 5.92 Å². The molecule has 0 unspecified atom stereocenters. The maximum absolute atomic E-state index is 13.8. The summed E-state index contributed by atoms with van der Waals surface area (Å²) in [5.41, 5.74) is 3.24. The van der Waals surface area contributed by atoms with Crippen LogP contribution < -0.4 is 20.9 Å². The highest BCUT2D eigenvalue weighted by molar-refractivity contribution is 6.08. The minimum absolute atomic E-state index is 0.106. The molecule has 3 heterocycles. The van der Waals surface area contributed by atoms with Crippen molar-refractivity contribution in [2.45, 2.75) is 71.1 Å². The number of amides is 4. The van der Waals surface area contributed by atoms with E-state index in [1.54, 1.807) is 6.07 Å². The van der Waals surface area contributed by atoms with Gasteiger partial charge < -0.3 is 20.5 Å². The number of rotatable bonds is 8. The lowest BCUT2D eigenvalue weighted by Crippen LogP contribution is -2.58. The predicted octanol–water partition coefficient (Wildman–Crippen LogP) is 1.23. The average molecular weight is 482 g/mol. The van der Waals surface area contributed by atoms with Gasteiger partial charge in [-0.05, 0) is 29.9 Å². The van der Waals surface area contributed by atoms with E-state index in [-0.39, 0.29) is 30.2 Å². The fraction of sp³-hybridized carbons (Fsp3) is 0.480. The van der Waals surface area contributed by atoms with Gasteiger partial charge in [0.25, 0.3) is 0 Å². The normalized spacial score (nSPS) is 20.4. The lowest BCUT2D eigenvalue weighted by molar-refractivity contribution is -0.132. The summed E-state index contributed by atoms with van der Waals surface area (Å²) in [6.07, 6.45) is 3.49. The zero-order chi connectivity index (χ0) is 25.1. The summed E-state index contributed by atoms with van der Waals surface area (Å²) in [5, 5.41) is 12.2. The average Bonchev–Trinajstić information content (AvgIpc) is 3.47. The summed E-state index contributed by atoms with van der Waals surface area (Å²) in [4.78, 5) is 53.3. The Balaban J connectivity index is 1.56. The number of hydrogen-bond donors (Lipinski definition) is 3. The van der Waals surface area contributed by atoms with E-state index in [9.17, 15) is 19.2 Å². The molecule has 186 valence electrons. The summed E-state index contributed by atoms with van der Waals surface area (Å²) in [7, 11) is 0. The Hall–Kier alpha value is -3.69. The van der Waals surface area contributed by atoms with Crippen LogP contribution in [-0.2, 0) is 38.6 Å². The van der Waals surface area contributed by atoms with Crippen molar-refractivity contribution < 1.29 is 23.7 Å². The molecule has 35 heavy (non-hydrogen) atoms. The number of nitrogens with one attached hydrogen (secondary N) is 3.